The number of aliphatic hydroxyl groups is 1. The van der Waals surface area contributed by atoms with Crippen LogP contribution in [-0.2, 0) is 10.0 Å². The Balaban J connectivity index is 2.30. The van der Waals surface area contributed by atoms with Crippen LogP contribution in [0, 0.1) is 5.92 Å². The third-order valence-corrected chi connectivity index (χ3v) is 4.77. The lowest BCUT2D eigenvalue weighted by Gasteiger charge is -2.11. The topological polar surface area (TPSA) is 83.7 Å². The highest BCUT2D eigenvalue weighted by Crippen LogP contribution is 2.22. The second kappa shape index (κ2) is 6.09. The maximum Gasteiger partial charge on any atom is 0.259 e. The first kappa shape index (κ1) is 15.2. The Morgan fingerprint density at radius 3 is 2.95 bits per heavy atom. The Morgan fingerprint density at radius 1 is 1.50 bits per heavy atom. The van der Waals surface area contributed by atoms with Crippen LogP contribution < -0.4 is 4.72 Å². The van der Waals surface area contributed by atoms with Gasteiger partial charge in [0.15, 0.2) is 10.2 Å². The van der Waals surface area contributed by atoms with Crippen LogP contribution in [0.5, 0.6) is 0 Å². The number of pyridine rings is 1. The van der Waals surface area contributed by atoms with Gasteiger partial charge in [0, 0.05) is 19.3 Å². The van der Waals surface area contributed by atoms with E-state index in [2.05, 4.69) is 9.71 Å². The normalized spacial score (nSPS) is 13.8. The molecule has 2 aromatic rings. The number of nitrogens with zero attached hydrogens (tertiary/aromatic N) is 2. The number of sulfonamides is 1. The number of hydrogen-bond donors (Lipinski definition) is 2. The summed E-state index contributed by atoms with van der Waals surface area (Å²) >= 11 is 5.94. The van der Waals surface area contributed by atoms with Crippen molar-refractivity contribution >= 4 is 27.3 Å². The first-order valence-electron chi connectivity index (χ1n) is 6.19. The molecule has 0 saturated carbocycles. The van der Waals surface area contributed by atoms with Gasteiger partial charge in [0.1, 0.15) is 5.65 Å². The van der Waals surface area contributed by atoms with Gasteiger partial charge in [-0.05, 0) is 24.5 Å². The molecule has 8 heteroatoms. The SMILES string of the molecule is CC(CCO)CNS(=O)(=O)c1c(Cl)nc2ccccn12. The Morgan fingerprint density at radius 2 is 2.25 bits per heavy atom. The lowest BCUT2D eigenvalue weighted by atomic mass is 10.1. The average Bonchev–Trinajstić information content (AvgIpc) is 2.73. The van der Waals surface area contributed by atoms with Crippen molar-refractivity contribution in [3.63, 3.8) is 0 Å². The molecule has 2 aromatic heterocycles. The molecule has 6 nitrogen and oxygen atoms in total. The van der Waals surface area contributed by atoms with E-state index in [-0.39, 0.29) is 29.2 Å². The number of imidazole rings is 1. The third kappa shape index (κ3) is 3.12. The molecule has 2 N–H and O–H groups in total. The average molecular weight is 318 g/mol. The summed E-state index contributed by atoms with van der Waals surface area (Å²) in [5, 5.41) is 8.70. The monoisotopic (exact) mass is 317 g/mol. The fourth-order valence-electron chi connectivity index (χ4n) is 1.83. The zero-order valence-corrected chi connectivity index (χ0v) is 12.5. The van der Waals surface area contributed by atoms with Crippen LogP contribution in [0.2, 0.25) is 5.15 Å². The minimum Gasteiger partial charge on any atom is -0.396 e. The highest BCUT2D eigenvalue weighted by atomic mass is 35.5. The summed E-state index contributed by atoms with van der Waals surface area (Å²) in [5.41, 5.74) is 0.473. The zero-order valence-electron chi connectivity index (χ0n) is 11.0. The zero-order chi connectivity index (χ0) is 14.8. The molecule has 2 rings (SSSR count). The maximum absolute atomic E-state index is 12.3. The first-order valence-corrected chi connectivity index (χ1v) is 8.05. The van der Waals surface area contributed by atoms with E-state index in [9.17, 15) is 8.42 Å². The number of aromatic nitrogens is 2. The number of rotatable bonds is 6. The smallest absolute Gasteiger partial charge is 0.259 e. The molecule has 20 heavy (non-hydrogen) atoms. The summed E-state index contributed by atoms with van der Waals surface area (Å²) in [7, 11) is -3.75. The molecule has 0 saturated heterocycles. The van der Waals surface area contributed by atoms with Gasteiger partial charge < -0.3 is 5.11 Å². The molecule has 0 fully saturated rings. The fourth-order valence-corrected chi connectivity index (χ4v) is 3.63. The fraction of sp³-hybridized carbons (Fsp3) is 0.417. The minimum atomic E-state index is -3.75. The molecule has 0 aliphatic heterocycles. The van der Waals surface area contributed by atoms with E-state index in [1.807, 2.05) is 6.92 Å². The van der Waals surface area contributed by atoms with Gasteiger partial charge in [-0.1, -0.05) is 24.6 Å². The molecule has 0 aliphatic carbocycles. The van der Waals surface area contributed by atoms with Crippen LogP contribution in [-0.4, -0.2) is 36.1 Å². The number of hydrogen-bond acceptors (Lipinski definition) is 4. The Hall–Kier alpha value is -1.15. The van der Waals surface area contributed by atoms with Crippen LogP contribution in [0.3, 0.4) is 0 Å². The van der Waals surface area contributed by atoms with Crippen LogP contribution in [0.1, 0.15) is 13.3 Å². The Bertz CT molecular complexity index is 699. The summed E-state index contributed by atoms with van der Waals surface area (Å²) in [5.74, 6) is 0.0349. The van der Waals surface area contributed by atoms with Gasteiger partial charge in [-0.15, -0.1) is 0 Å². The molecule has 0 spiro atoms. The predicted octanol–water partition coefficient (Wildman–Crippen LogP) is 1.28. The van der Waals surface area contributed by atoms with E-state index in [0.717, 1.165) is 0 Å². The number of halogens is 1. The van der Waals surface area contributed by atoms with Crippen LogP contribution in [0.25, 0.3) is 5.65 Å². The summed E-state index contributed by atoms with van der Waals surface area (Å²) in [6.45, 7) is 2.12. The molecule has 2 heterocycles. The summed E-state index contributed by atoms with van der Waals surface area (Å²) in [6, 6.07) is 5.14. The molecule has 1 unspecified atom stereocenters. The van der Waals surface area contributed by atoms with Crippen molar-refractivity contribution in [3.8, 4) is 0 Å². The Kier molecular flexibility index (Phi) is 4.64. The van der Waals surface area contributed by atoms with Gasteiger partial charge in [-0.2, -0.15) is 0 Å². The van der Waals surface area contributed by atoms with E-state index < -0.39 is 10.0 Å². The van der Waals surface area contributed by atoms with Crippen molar-refractivity contribution in [2.75, 3.05) is 13.2 Å². The van der Waals surface area contributed by atoms with E-state index >= 15 is 0 Å². The summed E-state index contributed by atoms with van der Waals surface area (Å²) in [6.07, 6.45) is 2.13. The molecule has 0 radical (unpaired) electrons. The minimum absolute atomic E-state index is 0.0270. The van der Waals surface area contributed by atoms with Crippen LogP contribution in [0.4, 0.5) is 0 Å². The molecule has 110 valence electrons. The van der Waals surface area contributed by atoms with Gasteiger partial charge in [0.25, 0.3) is 10.0 Å². The van der Waals surface area contributed by atoms with Gasteiger partial charge >= 0.3 is 0 Å². The Labute approximate surface area is 122 Å². The third-order valence-electron chi connectivity index (χ3n) is 2.94. The summed E-state index contributed by atoms with van der Waals surface area (Å²) < 4.78 is 28.6. The van der Waals surface area contributed by atoms with Crippen molar-refractivity contribution in [2.45, 2.75) is 18.4 Å². The van der Waals surface area contributed by atoms with Crippen LogP contribution in [0.15, 0.2) is 29.4 Å². The van der Waals surface area contributed by atoms with Crippen molar-refractivity contribution in [3.05, 3.63) is 29.5 Å². The van der Waals surface area contributed by atoms with E-state index in [1.54, 1.807) is 24.4 Å². The number of fused-ring (bicyclic) bond motifs is 1. The molecule has 0 aromatic carbocycles. The van der Waals surface area contributed by atoms with E-state index in [0.29, 0.717) is 12.1 Å². The van der Waals surface area contributed by atoms with E-state index in [1.165, 1.54) is 4.40 Å². The van der Waals surface area contributed by atoms with Gasteiger partial charge in [-0.3, -0.25) is 4.40 Å². The van der Waals surface area contributed by atoms with Crippen molar-refractivity contribution < 1.29 is 13.5 Å². The van der Waals surface area contributed by atoms with Crippen LogP contribution >= 0.6 is 11.6 Å². The molecule has 0 amide bonds. The van der Waals surface area contributed by atoms with Gasteiger partial charge in [-0.25, -0.2) is 18.1 Å². The molecule has 0 aliphatic rings. The largest absolute Gasteiger partial charge is 0.396 e. The van der Waals surface area contributed by atoms with E-state index in [4.69, 9.17) is 16.7 Å². The molecular formula is C12H16ClN3O3S. The second-order valence-corrected chi connectivity index (χ2v) is 6.65. The predicted molar refractivity (Wildman–Crippen MR) is 76.3 cm³/mol. The van der Waals surface area contributed by atoms with Gasteiger partial charge in [0.2, 0.25) is 0 Å². The summed E-state index contributed by atoms with van der Waals surface area (Å²) in [4.78, 5) is 4.01. The highest BCUT2D eigenvalue weighted by molar-refractivity contribution is 7.89. The molecule has 0 bridgehead atoms. The molecular weight excluding hydrogens is 302 g/mol. The maximum atomic E-state index is 12.3. The second-order valence-electron chi connectivity index (χ2n) is 4.61. The number of nitrogens with one attached hydrogen (secondary N) is 1. The first-order chi connectivity index (χ1) is 9.45. The molecule has 1 atom stereocenters. The lowest BCUT2D eigenvalue weighted by molar-refractivity contribution is 0.263. The lowest BCUT2D eigenvalue weighted by Crippen LogP contribution is -2.29. The highest BCUT2D eigenvalue weighted by Gasteiger charge is 2.24. The number of aliphatic hydroxyl groups excluding tert-OH is 1. The standard InChI is InChI=1S/C12H16ClN3O3S/c1-9(5-7-17)8-14-20(18,19)12-11(13)15-10-4-2-3-6-16(10)12/h2-4,6,9,14,17H,5,7-8H2,1H3. The van der Waals surface area contributed by atoms with Gasteiger partial charge in [0.05, 0.1) is 0 Å². The van der Waals surface area contributed by atoms with Crippen molar-refractivity contribution in [1.82, 2.24) is 14.1 Å². The van der Waals surface area contributed by atoms with Crippen molar-refractivity contribution in [2.24, 2.45) is 5.92 Å². The van der Waals surface area contributed by atoms with Crippen molar-refractivity contribution in [1.29, 1.82) is 0 Å². The quantitative estimate of drug-likeness (QED) is 0.840.